The zero-order chi connectivity index (χ0) is 25.7. The zero-order valence-electron chi connectivity index (χ0n) is 20.4. The number of pyridine rings is 1. The third-order valence-corrected chi connectivity index (χ3v) is 6.81. The highest BCUT2D eigenvalue weighted by Gasteiger charge is 2.15. The number of aromatic nitrogens is 4. The molecule has 1 amide bonds. The van der Waals surface area contributed by atoms with Crippen molar-refractivity contribution in [3.8, 4) is 11.4 Å². The number of benzene rings is 1. The molecule has 0 fully saturated rings. The number of nitrogens with one attached hydrogen (secondary N) is 1. The number of anilines is 1. The average molecular weight is 526 g/mol. The van der Waals surface area contributed by atoms with E-state index in [1.54, 1.807) is 39.8 Å². The fraction of sp³-hybridized carbons (Fsp3) is 0.280. The summed E-state index contributed by atoms with van der Waals surface area (Å²) in [4.78, 5) is 29.6. The molecule has 0 saturated heterocycles. The van der Waals surface area contributed by atoms with Crippen molar-refractivity contribution in [3.63, 3.8) is 0 Å². The summed E-state index contributed by atoms with van der Waals surface area (Å²) in [5.74, 6) is -0.208. The number of thiophene rings is 1. The van der Waals surface area contributed by atoms with E-state index in [2.05, 4.69) is 39.5 Å². The SMILES string of the molecule is CN(C)CCCN(C)c1cc(-n2ccccc2=O)ccc1-n1cc(CNC(=O)c2ccc(Cl)s2)nn1. The first-order chi connectivity index (χ1) is 17.3. The number of hydrogen-bond acceptors (Lipinski definition) is 7. The maximum absolute atomic E-state index is 12.4. The third-order valence-electron chi connectivity index (χ3n) is 5.58. The van der Waals surface area contributed by atoms with Crippen molar-refractivity contribution in [3.05, 3.63) is 86.2 Å². The number of rotatable bonds is 10. The molecule has 4 rings (SSSR count). The van der Waals surface area contributed by atoms with E-state index in [4.69, 9.17) is 11.6 Å². The lowest BCUT2D eigenvalue weighted by Crippen LogP contribution is -2.25. The Kier molecular flexibility index (Phi) is 8.19. The van der Waals surface area contributed by atoms with Crippen molar-refractivity contribution in [2.75, 3.05) is 39.1 Å². The van der Waals surface area contributed by atoms with Crippen molar-refractivity contribution >= 4 is 34.5 Å². The molecule has 0 aliphatic rings. The van der Waals surface area contributed by atoms with Gasteiger partial charge in [-0.1, -0.05) is 22.9 Å². The van der Waals surface area contributed by atoms with Crippen LogP contribution in [0.4, 0.5) is 5.69 Å². The van der Waals surface area contributed by atoms with E-state index >= 15 is 0 Å². The molecule has 9 nitrogen and oxygen atoms in total. The van der Waals surface area contributed by atoms with E-state index in [1.165, 1.54) is 17.4 Å². The lowest BCUT2D eigenvalue weighted by atomic mass is 10.2. The van der Waals surface area contributed by atoms with Crippen molar-refractivity contribution < 1.29 is 4.79 Å². The topological polar surface area (TPSA) is 88.3 Å². The summed E-state index contributed by atoms with van der Waals surface area (Å²) >= 11 is 7.15. The molecule has 0 aliphatic carbocycles. The number of amides is 1. The average Bonchev–Trinajstić information content (AvgIpc) is 3.51. The number of hydrogen-bond donors (Lipinski definition) is 1. The van der Waals surface area contributed by atoms with Crippen LogP contribution < -0.4 is 15.8 Å². The molecule has 0 unspecified atom stereocenters. The van der Waals surface area contributed by atoms with Crippen LogP contribution in [0, 0.1) is 0 Å². The first-order valence-corrected chi connectivity index (χ1v) is 12.6. The van der Waals surface area contributed by atoms with E-state index < -0.39 is 0 Å². The standard InChI is InChI=1S/C25H28ClN7O2S/c1-30(2)12-6-13-31(3)21-15-19(32-14-5-4-7-24(32)34)8-9-20(21)33-17-18(28-29-33)16-27-25(35)22-10-11-23(26)36-22/h4-5,7-11,14-15,17H,6,12-13,16H2,1-3H3,(H,27,35). The van der Waals surface area contributed by atoms with Crippen molar-refractivity contribution in [2.24, 2.45) is 0 Å². The molecule has 0 radical (unpaired) electrons. The van der Waals surface area contributed by atoms with E-state index in [9.17, 15) is 9.59 Å². The van der Waals surface area contributed by atoms with Crippen LogP contribution in [0.15, 0.2) is 65.7 Å². The number of carbonyl (C=O) groups excluding carboxylic acids is 1. The minimum absolute atomic E-state index is 0.0997. The second kappa shape index (κ2) is 11.5. The predicted octanol–water partition coefficient (Wildman–Crippen LogP) is 3.45. The van der Waals surface area contributed by atoms with Crippen LogP contribution in [0.1, 0.15) is 21.8 Å². The van der Waals surface area contributed by atoms with E-state index in [1.807, 2.05) is 31.3 Å². The van der Waals surface area contributed by atoms with Gasteiger partial charge in [-0.15, -0.1) is 16.4 Å². The summed E-state index contributed by atoms with van der Waals surface area (Å²) in [6.07, 6.45) is 4.52. The molecule has 1 aromatic carbocycles. The fourth-order valence-corrected chi connectivity index (χ4v) is 4.70. The van der Waals surface area contributed by atoms with Gasteiger partial charge in [0.05, 0.1) is 39.0 Å². The van der Waals surface area contributed by atoms with Gasteiger partial charge < -0.3 is 15.1 Å². The van der Waals surface area contributed by atoms with Crippen LogP contribution in [0.5, 0.6) is 0 Å². The van der Waals surface area contributed by atoms with Crippen LogP contribution in [0.2, 0.25) is 4.34 Å². The van der Waals surface area contributed by atoms with Gasteiger partial charge in [-0.25, -0.2) is 4.68 Å². The lowest BCUT2D eigenvalue weighted by Gasteiger charge is -2.24. The summed E-state index contributed by atoms with van der Waals surface area (Å²) in [5.41, 5.74) is 3.02. The van der Waals surface area contributed by atoms with E-state index in [0.29, 0.717) is 14.9 Å². The molecule has 3 heterocycles. The second-order valence-electron chi connectivity index (χ2n) is 8.60. The Balaban J connectivity index is 1.59. The third kappa shape index (κ3) is 6.20. The molecule has 11 heteroatoms. The summed E-state index contributed by atoms with van der Waals surface area (Å²) in [6, 6.07) is 14.3. The normalized spacial score (nSPS) is 11.1. The second-order valence-corrected chi connectivity index (χ2v) is 10.3. The smallest absolute Gasteiger partial charge is 0.261 e. The largest absolute Gasteiger partial charge is 0.373 e. The first kappa shape index (κ1) is 25.6. The maximum Gasteiger partial charge on any atom is 0.261 e. The van der Waals surface area contributed by atoms with Crippen LogP contribution in [0.25, 0.3) is 11.4 Å². The van der Waals surface area contributed by atoms with Gasteiger partial charge in [0, 0.05) is 25.9 Å². The molecule has 4 aromatic rings. The zero-order valence-corrected chi connectivity index (χ0v) is 22.0. The lowest BCUT2D eigenvalue weighted by molar-refractivity contribution is 0.0954. The first-order valence-electron chi connectivity index (χ1n) is 11.4. The maximum atomic E-state index is 12.4. The van der Waals surface area contributed by atoms with Gasteiger partial charge >= 0.3 is 0 Å². The van der Waals surface area contributed by atoms with Gasteiger partial charge in [0.2, 0.25) is 0 Å². The highest BCUT2D eigenvalue weighted by molar-refractivity contribution is 7.17. The van der Waals surface area contributed by atoms with Gasteiger partial charge in [0.25, 0.3) is 11.5 Å². The summed E-state index contributed by atoms with van der Waals surface area (Å²) in [6.45, 7) is 2.01. The van der Waals surface area contributed by atoms with Gasteiger partial charge in [-0.3, -0.25) is 14.2 Å². The molecule has 0 bridgehead atoms. The monoisotopic (exact) mass is 525 g/mol. The fourth-order valence-electron chi connectivity index (χ4n) is 3.74. The molecular formula is C25H28ClN7O2S. The molecule has 1 N–H and O–H groups in total. The van der Waals surface area contributed by atoms with Crippen LogP contribution in [0.3, 0.4) is 0 Å². The number of carbonyl (C=O) groups is 1. The molecule has 3 aromatic heterocycles. The minimum Gasteiger partial charge on any atom is -0.373 e. The van der Waals surface area contributed by atoms with Crippen molar-refractivity contribution in [1.29, 1.82) is 0 Å². The molecule has 0 atom stereocenters. The Hall–Kier alpha value is -3.47. The molecule has 0 spiro atoms. The van der Waals surface area contributed by atoms with Crippen LogP contribution >= 0.6 is 22.9 Å². The molecule has 188 valence electrons. The molecular weight excluding hydrogens is 498 g/mol. The van der Waals surface area contributed by atoms with Gasteiger partial charge in [-0.2, -0.15) is 0 Å². The quantitative estimate of drug-likeness (QED) is 0.341. The predicted molar refractivity (Wildman–Crippen MR) is 144 cm³/mol. The molecule has 36 heavy (non-hydrogen) atoms. The Labute approximate surface area is 218 Å². The highest BCUT2D eigenvalue weighted by atomic mass is 35.5. The summed E-state index contributed by atoms with van der Waals surface area (Å²) in [7, 11) is 6.13. The Morgan fingerprint density at radius 1 is 1.11 bits per heavy atom. The Morgan fingerprint density at radius 2 is 1.94 bits per heavy atom. The van der Waals surface area contributed by atoms with E-state index in [0.717, 1.165) is 36.6 Å². The van der Waals surface area contributed by atoms with Gasteiger partial charge in [0.1, 0.15) is 5.69 Å². The Bertz CT molecular complexity index is 1390. The molecule has 0 aliphatic heterocycles. The summed E-state index contributed by atoms with van der Waals surface area (Å²) < 4.78 is 3.87. The number of halogens is 1. The molecule has 0 saturated carbocycles. The van der Waals surface area contributed by atoms with Crippen LogP contribution in [-0.2, 0) is 6.54 Å². The Morgan fingerprint density at radius 3 is 2.67 bits per heavy atom. The van der Waals surface area contributed by atoms with E-state index in [-0.39, 0.29) is 18.0 Å². The minimum atomic E-state index is -0.208. The highest BCUT2D eigenvalue weighted by Crippen LogP contribution is 2.27. The van der Waals surface area contributed by atoms with Crippen molar-refractivity contribution in [2.45, 2.75) is 13.0 Å². The summed E-state index contributed by atoms with van der Waals surface area (Å²) in [5, 5.41) is 11.4. The van der Waals surface area contributed by atoms with Crippen LogP contribution in [-0.4, -0.2) is 64.6 Å². The van der Waals surface area contributed by atoms with Gasteiger partial charge in [-0.05, 0) is 63.5 Å². The number of nitrogens with zero attached hydrogens (tertiary/aromatic N) is 6. The van der Waals surface area contributed by atoms with Gasteiger partial charge in [0.15, 0.2) is 0 Å². The van der Waals surface area contributed by atoms with Crippen molar-refractivity contribution in [1.82, 2.24) is 29.8 Å².